The number of amides is 2. The number of hydrogen-bond donors (Lipinski definition) is 4. The van der Waals surface area contributed by atoms with Crippen LogP contribution in [-0.2, 0) is 0 Å². The van der Waals surface area contributed by atoms with E-state index in [4.69, 9.17) is 0 Å². The predicted molar refractivity (Wildman–Crippen MR) is 180 cm³/mol. The number of carbonyl (C=O) groups is 4. The molecule has 2 aromatic carbocycles. The fourth-order valence-corrected chi connectivity index (χ4v) is 7.13. The predicted octanol–water partition coefficient (Wildman–Crippen LogP) is 9.47. The fourth-order valence-electron chi connectivity index (χ4n) is 4.85. The van der Waals surface area contributed by atoms with Gasteiger partial charge in [0.15, 0.2) is 0 Å². The van der Waals surface area contributed by atoms with E-state index in [9.17, 15) is 29.4 Å². The van der Waals surface area contributed by atoms with Gasteiger partial charge in [0.25, 0.3) is 11.8 Å². The molecular weight excluding hydrogens is 804 g/mol. The molecule has 0 saturated carbocycles. The first-order valence-corrected chi connectivity index (χ1v) is 17.6. The molecule has 2 aromatic rings. The van der Waals surface area contributed by atoms with Crippen LogP contribution in [0.2, 0.25) is 0 Å². The first-order valence-electron chi connectivity index (χ1n) is 14.4. The van der Waals surface area contributed by atoms with Crippen molar-refractivity contribution in [2.45, 2.75) is 90.9 Å². The lowest BCUT2D eigenvalue weighted by atomic mass is 9.90. The highest BCUT2D eigenvalue weighted by Crippen LogP contribution is 2.46. The molecule has 0 bridgehead atoms. The number of carbonyl (C=O) groups excluding carboxylic acids is 2. The Morgan fingerprint density at radius 2 is 0.786 bits per heavy atom. The molecule has 0 heterocycles. The highest BCUT2D eigenvalue weighted by Gasteiger charge is 2.34. The Labute approximate surface area is 280 Å². The highest BCUT2D eigenvalue weighted by molar-refractivity contribution is 9.13. The molecule has 0 aliphatic carbocycles. The summed E-state index contributed by atoms with van der Waals surface area (Å²) in [6.45, 7) is 5.01. The molecule has 0 atom stereocenters. The van der Waals surface area contributed by atoms with Crippen LogP contribution in [0.15, 0.2) is 17.9 Å². The zero-order valence-electron chi connectivity index (χ0n) is 23.9. The van der Waals surface area contributed by atoms with Crippen molar-refractivity contribution in [3.05, 3.63) is 40.1 Å². The minimum absolute atomic E-state index is 0.0303. The number of halogens is 4. The van der Waals surface area contributed by atoms with E-state index >= 15 is 0 Å². The molecule has 0 spiro atoms. The van der Waals surface area contributed by atoms with Crippen LogP contribution in [0.3, 0.4) is 0 Å². The van der Waals surface area contributed by atoms with Gasteiger partial charge in [-0.1, -0.05) is 78.1 Å². The SMILES string of the molecule is CCCCCCCCNC(=O)c1c(Br)c(Br)c(C(=O)O)c2c(C(=O)NCCCCCCCC)c(Br)c(Br)c(C(=O)O)c12. The van der Waals surface area contributed by atoms with Gasteiger partial charge in [0.2, 0.25) is 0 Å². The molecule has 0 fully saturated rings. The van der Waals surface area contributed by atoms with Gasteiger partial charge in [-0.15, -0.1) is 0 Å². The second kappa shape index (κ2) is 18.3. The largest absolute Gasteiger partial charge is 0.478 e. The van der Waals surface area contributed by atoms with Crippen LogP contribution < -0.4 is 10.6 Å². The van der Waals surface area contributed by atoms with E-state index in [-0.39, 0.29) is 50.9 Å². The Morgan fingerprint density at radius 3 is 1.10 bits per heavy atom. The van der Waals surface area contributed by atoms with Gasteiger partial charge in [-0.2, -0.15) is 0 Å². The molecule has 0 saturated heterocycles. The number of hydrogen-bond acceptors (Lipinski definition) is 4. The van der Waals surface area contributed by atoms with Crippen LogP contribution in [0.1, 0.15) is 132 Å². The summed E-state index contributed by atoms with van der Waals surface area (Å²) in [5, 5.41) is 25.9. The average molecular weight is 842 g/mol. The number of carboxylic acid groups (broad SMARTS) is 2. The van der Waals surface area contributed by atoms with Crippen LogP contribution in [0.25, 0.3) is 10.8 Å². The molecular formula is C30H38Br4N2O6. The number of nitrogens with one attached hydrogen (secondary N) is 2. The van der Waals surface area contributed by atoms with E-state index in [1.807, 2.05) is 0 Å². The molecule has 2 amide bonds. The van der Waals surface area contributed by atoms with Gasteiger partial charge >= 0.3 is 11.9 Å². The summed E-state index contributed by atoms with van der Waals surface area (Å²) in [7, 11) is 0. The van der Waals surface area contributed by atoms with Crippen molar-refractivity contribution >= 4 is 98.2 Å². The van der Waals surface area contributed by atoms with Crippen LogP contribution in [-0.4, -0.2) is 47.1 Å². The van der Waals surface area contributed by atoms with Crippen molar-refractivity contribution in [3.8, 4) is 0 Å². The first kappa shape index (κ1) is 36.7. The lowest BCUT2D eigenvalue weighted by Crippen LogP contribution is -2.28. The zero-order chi connectivity index (χ0) is 31.4. The summed E-state index contributed by atoms with van der Waals surface area (Å²) in [4.78, 5) is 52.3. The number of rotatable bonds is 18. The maximum absolute atomic E-state index is 13.6. The second-order valence-electron chi connectivity index (χ2n) is 10.2. The molecule has 4 N–H and O–H groups in total. The van der Waals surface area contributed by atoms with Gasteiger partial charge in [0.05, 0.1) is 22.3 Å². The van der Waals surface area contributed by atoms with Crippen molar-refractivity contribution in [1.82, 2.24) is 10.6 Å². The standard InChI is InChI=1S/C30H38Br4N2O6/c1-3-5-7-9-11-13-15-35-27(37)19-17-18(22(30(41)42)25(33)23(19)31)20(24(32)26(34)21(17)29(39)40)28(38)36-16-14-12-10-8-6-4-2/h3-16H2,1-2H3,(H,35,37)(H,36,38)(H,39,40)(H,41,42). The Balaban J connectivity index is 2.63. The number of fused-ring (bicyclic) bond motifs is 1. The quantitative estimate of drug-likeness (QED) is 0.111. The number of aromatic carboxylic acids is 2. The second-order valence-corrected chi connectivity index (χ2v) is 13.3. The smallest absolute Gasteiger partial charge is 0.337 e. The van der Waals surface area contributed by atoms with Gasteiger partial charge in [-0.25, -0.2) is 9.59 Å². The maximum Gasteiger partial charge on any atom is 0.337 e. The molecule has 2 rings (SSSR count). The molecule has 0 aliphatic heterocycles. The fraction of sp³-hybridized carbons (Fsp3) is 0.533. The molecule has 12 heteroatoms. The normalized spacial score (nSPS) is 11.1. The average Bonchev–Trinajstić information content (AvgIpc) is 2.93. The molecule has 42 heavy (non-hydrogen) atoms. The summed E-state index contributed by atoms with van der Waals surface area (Å²) in [6.07, 6.45) is 12.3. The molecule has 0 aliphatic rings. The number of carboxylic acids is 2. The van der Waals surface area contributed by atoms with Crippen molar-refractivity contribution in [1.29, 1.82) is 0 Å². The third kappa shape index (κ3) is 9.25. The summed E-state index contributed by atoms with van der Waals surface area (Å²) in [6, 6.07) is 0. The van der Waals surface area contributed by atoms with E-state index in [0.717, 1.165) is 77.0 Å². The Kier molecular flexibility index (Phi) is 16.0. The van der Waals surface area contributed by atoms with E-state index in [1.165, 1.54) is 0 Å². The minimum Gasteiger partial charge on any atom is -0.478 e. The van der Waals surface area contributed by atoms with Gasteiger partial charge < -0.3 is 20.8 Å². The molecule has 232 valence electrons. The Morgan fingerprint density at radius 1 is 0.500 bits per heavy atom. The molecule has 0 aromatic heterocycles. The third-order valence-corrected chi connectivity index (χ3v) is 11.3. The summed E-state index contributed by atoms with van der Waals surface area (Å²) in [5.41, 5.74) is -0.790. The molecule has 0 unspecified atom stereocenters. The van der Waals surface area contributed by atoms with Crippen molar-refractivity contribution < 1.29 is 29.4 Å². The van der Waals surface area contributed by atoms with E-state index < -0.39 is 23.8 Å². The van der Waals surface area contributed by atoms with Crippen LogP contribution in [0, 0.1) is 0 Å². The molecule has 0 radical (unpaired) electrons. The van der Waals surface area contributed by atoms with Gasteiger partial charge in [-0.3, -0.25) is 9.59 Å². The van der Waals surface area contributed by atoms with Gasteiger partial charge in [0, 0.05) is 41.8 Å². The van der Waals surface area contributed by atoms with Crippen LogP contribution in [0.4, 0.5) is 0 Å². The lowest BCUT2D eigenvalue weighted by molar-refractivity contribution is 0.0685. The Bertz CT molecular complexity index is 1220. The van der Waals surface area contributed by atoms with E-state index in [0.29, 0.717) is 13.1 Å². The van der Waals surface area contributed by atoms with E-state index in [2.05, 4.69) is 88.2 Å². The first-order chi connectivity index (χ1) is 20.0. The third-order valence-electron chi connectivity index (χ3n) is 7.03. The van der Waals surface area contributed by atoms with Gasteiger partial charge in [0.1, 0.15) is 0 Å². The summed E-state index contributed by atoms with van der Waals surface area (Å²) in [5.74, 6) is -3.93. The number of unbranched alkanes of at least 4 members (excludes halogenated alkanes) is 10. The van der Waals surface area contributed by atoms with Crippen LogP contribution in [0.5, 0.6) is 0 Å². The lowest BCUT2D eigenvalue weighted by Gasteiger charge is -2.21. The summed E-state index contributed by atoms with van der Waals surface area (Å²) >= 11 is 13.3. The molecule has 8 nitrogen and oxygen atoms in total. The topological polar surface area (TPSA) is 133 Å². The van der Waals surface area contributed by atoms with Gasteiger partial charge in [-0.05, 0) is 76.6 Å². The number of benzene rings is 2. The maximum atomic E-state index is 13.6. The minimum atomic E-state index is -1.39. The summed E-state index contributed by atoms with van der Waals surface area (Å²) < 4.78 is 0.233. The van der Waals surface area contributed by atoms with Crippen molar-refractivity contribution in [2.75, 3.05) is 13.1 Å². The van der Waals surface area contributed by atoms with Crippen molar-refractivity contribution in [2.24, 2.45) is 0 Å². The van der Waals surface area contributed by atoms with Crippen LogP contribution >= 0.6 is 63.7 Å². The Hall–Kier alpha value is -1.50. The van der Waals surface area contributed by atoms with Crippen molar-refractivity contribution in [3.63, 3.8) is 0 Å². The monoisotopic (exact) mass is 838 g/mol. The zero-order valence-corrected chi connectivity index (χ0v) is 30.3. The highest BCUT2D eigenvalue weighted by atomic mass is 79.9. The van der Waals surface area contributed by atoms with E-state index in [1.54, 1.807) is 0 Å².